The van der Waals surface area contributed by atoms with E-state index in [4.69, 9.17) is 4.74 Å². The summed E-state index contributed by atoms with van der Waals surface area (Å²) in [5.41, 5.74) is 1.18. The Morgan fingerprint density at radius 1 is 1.30 bits per heavy atom. The summed E-state index contributed by atoms with van der Waals surface area (Å²) >= 11 is 0. The number of nitrogens with one attached hydrogen (secondary N) is 1. The lowest BCUT2D eigenvalue weighted by Gasteiger charge is -2.36. The molecule has 1 atom stereocenters. The first-order valence-corrected chi connectivity index (χ1v) is 7.43. The summed E-state index contributed by atoms with van der Waals surface area (Å²) in [6.45, 7) is 8.69. The van der Waals surface area contributed by atoms with Gasteiger partial charge in [-0.2, -0.15) is 0 Å². The number of ether oxygens (including phenoxy) is 1. The highest BCUT2D eigenvalue weighted by Gasteiger charge is 2.23. The van der Waals surface area contributed by atoms with Crippen molar-refractivity contribution < 1.29 is 9.84 Å². The van der Waals surface area contributed by atoms with E-state index in [1.165, 1.54) is 5.56 Å². The molecule has 0 amide bonds. The first-order chi connectivity index (χ1) is 9.61. The van der Waals surface area contributed by atoms with E-state index >= 15 is 0 Å². The van der Waals surface area contributed by atoms with Crippen LogP contribution in [0.4, 0.5) is 0 Å². The highest BCUT2D eigenvalue weighted by Crippen LogP contribution is 2.34. The Morgan fingerprint density at radius 3 is 2.55 bits per heavy atom. The number of aromatic hydroxyl groups is 1. The molecule has 0 spiro atoms. The van der Waals surface area contributed by atoms with E-state index in [2.05, 4.69) is 30.1 Å². The van der Waals surface area contributed by atoms with Crippen molar-refractivity contribution in [2.75, 3.05) is 33.3 Å². The summed E-state index contributed by atoms with van der Waals surface area (Å²) in [4.78, 5) is 2.51. The minimum atomic E-state index is 0.230. The van der Waals surface area contributed by atoms with Crippen molar-refractivity contribution in [3.8, 4) is 11.5 Å². The SMILES string of the molecule is COc1ccc([C@H](CC(C)C)N2CCNCC2)cc1O. The van der Waals surface area contributed by atoms with E-state index in [1.807, 2.05) is 12.1 Å². The van der Waals surface area contributed by atoms with Crippen LogP contribution < -0.4 is 10.1 Å². The van der Waals surface area contributed by atoms with Crippen LogP contribution in [0.25, 0.3) is 0 Å². The summed E-state index contributed by atoms with van der Waals surface area (Å²) < 4.78 is 5.13. The average Bonchev–Trinajstić information content (AvgIpc) is 2.45. The molecule has 0 saturated carbocycles. The molecular weight excluding hydrogens is 252 g/mol. The van der Waals surface area contributed by atoms with Crippen LogP contribution >= 0.6 is 0 Å². The maximum absolute atomic E-state index is 10.0. The van der Waals surface area contributed by atoms with Gasteiger partial charge in [0.15, 0.2) is 11.5 Å². The van der Waals surface area contributed by atoms with Gasteiger partial charge in [-0.3, -0.25) is 4.90 Å². The van der Waals surface area contributed by atoms with Gasteiger partial charge in [0.2, 0.25) is 0 Å². The zero-order chi connectivity index (χ0) is 14.5. The summed E-state index contributed by atoms with van der Waals surface area (Å²) in [6, 6.07) is 6.16. The lowest BCUT2D eigenvalue weighted by molar-refractivity contribution is 0.154. The van der Waals surface area contributed by atoms with E-state index in [-0.39, 0.29) is 5.75 Å². The second kappa shape index (κ2) is 6.95. The monoisotopic (exact) mass is 278 g/mol. The van der Waals surface area contributed by atoms with Crippen molar-refractivity contribution in [2.45, 2.75) is 26.3 Å². The van der Waals surface area contributed by atoms with Crippen molar-refractivity contribution in [1.29, 1.82) is 0 Å². The summed E-state index contributed by atoms with van der Waals surface area (Å²) in [6.07, 6.45) is 1.10. The molecule has 112 valence electrons. The van der Waals surface area contributed by atoms with Crippen LogP contribution in [0, 0.1) is 5.92 Å². The second-order valence-corrected chi connectivity index (χ2v) is 5.86. The molecule has 1 fully saturated rings. The molecule has 0 aromatic heterocycles. The van der Waals surface area contributed by atoms with Crippen molar-refractivity contribution in [1.82, 2.24) is 10.2 Å². The summed E-state index contributed by atoms with van der Waals surface area (Å²) in [5, 5.41) is 13.4. The lowest BCUT2D eigenvalue weighted by Crippen LogP contribution is -2.45. The fourth-order valence-electron chi connectivity index (χ4n) is 2.85. The van der Waals surface area contributed by atoms with Crippen LogP contribution in [0.3, 0.4) is 0 Å². The minimum Gasteiger partial charge on any atom is -0.504 e. The third kappa shape index (κ3) is 3.64. The highest BCUT2D eigenvalue weighted by molar-refractivity contribution is 5.42. The molecule has 0 aliphatic carbocycles. The molecule has 0 unspecified atom stereocenters. The van der Waals surface area contributed by atoms with Gasteiger partial charge in [-0.25, -0.2) is 0 Å². The van der Waals surface area contributed by atoms with Crippen molar-refractivity contribution in [3.63, 3.8) is 0 Å². The van der Waals surface area contributed by atoms with Gasteiger partial charge in [0.25, 0.3) is 0 Å². The Bertz CT molecular complexity index is 428. The molecule has 1 heterocycles. The van der Waals surface area contributed by atoms with Crippen LogP contribution in [-0.2, 0) is 0 Å². The number of hydrogen-bond donors (Lipinski definition) is 2. The topological polar surface area (TPSA) is 44.7 Å². The quantitative estimate of drug-likeness (QED) is 0.868. The molecule has 0 bridgehead atoms. The molecular formula is C16H26N2O2. The summed E-state index contributed by atoms with van der Waals surface area (Å²) in [5.74, 6) is 1.39. The van der Waals surface area contributed by atoms with E-state index < -0.39 is 0 Å². The van der Waals surface area contributed by atoms with E-state index in [0.717, 1.165) is 32.6 Å². The van der Waals surface area contributed by atoms with Crippen molar-refractivity contribution >= 4 is 0 Å². The highest BCUT2D eigenvalue weighted by atomic mass is 16.5. The molecule has 1 aliphatic heterocycles. The van der Waals surface area contributed by atoms with Gasteiger partial charge >= 0.3 is 0 Å². The molecule has 1 saturated heterocycles. The number of nitrogens with zero attached hydrogens (tertiary/aromatic N) is 1. The number of piperazine rings is 1. The number of phenolic OH excluding ortho intramolecular Hbond substituents is 1. The molecule has 4 nitrogen and oxygen atoms in total. The van der Waals surface area contributed by atoms with Gasteiger partial charge in [0.05, 0.1) is 7.11 Å². The Kier molecular flexibility index (Phi) is 5.26. The Hall–Kier alpha value is -1.26. The van der Waals surface area contributed by atoms with E-state index in [0.29, 0.717) is 17.7 Å². The minimum absolute atomic E-state index is 0.230. The summed E-state index contributed by atoms with van der Waals surface area (Å²) in [7, 11) is 1.58. The van der Waals surface area contributed by atoms with Crippen LogP contribution in [0.15, 0.2) is 18.2 Å². The predicted molar refractivity (Wildman–Crippen MR) is 81.3 cm³/mol. The number of benzene rings is 1. The molecule has 0 radical (unpaired) electrons. The Labute approximate surface area is 121 Å². The zero-order valence-electron chi connectivity index (χ0n) is 12.7. The number of methoxy groups -OCH3 is 1. The fourth-order valence-corrected chi connectivity index (χ4v) is 2.85. The largest absolute Gasteiger partial charge is 0.504 e. The van der Waals surface area contributed by atoms with Gasteiger partial charge in [0.1, 0.15) is 0 Å². The third-order valence-corrected chi connectivity index (χ3v) is 3.87. The van der Waals surface area contributed by atoms with Gasteiger partial charge in [-0.15, -0.1) is 0 Å². The van der Waals surface area contributed by atoms with Gasteiger partial charge in [-0.1, -0.05) is 19.9 Å². The zero-order valence-corrected chi connectivity index (χ0v) is 12.7. The standard InChI is InChI=1S/C16H26N2O2/c1-12(2)10-14(18-8-6-17-7-9-18)13-4-5-16(20-3)15(19)11-13/h4-5,11-12,14,17,19H,6-10H2,1-3H3/t14-/m0/s1. The Balaban J connectivity index is 2.22. The van der Waals surface area contributed by atoms with Gasteiger partial charge in [-0.05, 0) is 30.0 Å². The predicted octanol–water partition coefficient (Wildman–Crippen LogP) is 2.39. The molecule has 2 N–H and O–H groups in total. The lowest BCUT2D eigenvalue weighted by atomic mass is 9.94. The maximum Gasteiger partial charge on any atom is 0.160 e. The maximum atomic E-state index is 10.0. The number of phenols is 1. The van der Waals surface area contributed by atoms with Crippen LogP contribution in [0.5, 0.6) is 11.5 Å². The number of hydrogen-bond acceptors (Lipinski definition) is 4. The van der Waals surface area contributed by atoms with Crippen molar-refractivity contribution in [3.05, 3.63) is 23.8 Å². The van der Waals surface area contributed by atoms with Crippen LogP contribution in [-0.4, -0.2) is 43.3 Å². The third-order valence-electron chi connectivity index (χ3n) is 3.87. The number of rotatable bonds is 5. The van der Waals surface area contributed by atoms with Crippen LogP contribution in [0.1, 0.15) is 31.9 Å². The molecule has 1 aromatic carbocycles. The van der Waals surface area contributed by atoms with Crippen LogP contribution in [0.2, 0.25) is 0 Å². The van der Waals surface area contributed by atoms with Gasteiger partial charge in [0, 0.05) is 32.2 Å². The van der Waals surface area contributed by atoms with E-state index in [9.17, 15) is 5.11 Å². The fraction of sp³-hybridized carbons (Fsp3) is 0.625. The van der Waals surface area contributed by atoms with Gasteiger partial charge < -0.3 is 15.2 Å². The molecule has 2 rings (SSSR count). The Morgan fingerprint density at radius 2 is 2.00 bits per heavy atom. The first-order valence-electron chi connectivity index (χ1n) is 7.43. The normalized spacial score (nSPS) is 18.2. The molecule has 1 aromatic rings. The van der Waals surface area contributed by atoms with Crippen molar-refractivity contribution in [2.24, 2.45) is 5.92 Å². The molecule has 20 heavy (non-hydrogen) atoms. The average molecular weight is 278 g/mol. The van der Waals surface area contributed by atoms with E-state index in [1.54, 1.807) is 7.11 Å². The second-order valence-electron chi connectivity index (χ2n) is 5.86. The first kappa shape index (κ1) is 15.1. The molecule has 4 heteroatoms. The molecule has 1 aliphatic rings. The smallest absolute Gasteiger partial charge is 0.160 e.